The molecule has 0 fully saturated rings. The fourth-order valence-electron chi connectivity index (χ4n) is 2.62. The van der Waals surface area contributed by atoms with Crippen LogP contribution in [0.1, 0.15) is 6.92 Å². The van der Waals surface area contributed by atoms with Gasteiger partial charge >= 0.3 is 0 Å². The molecular weight excluding hydrogens is 449 g/mol. The molecule has 166 valence electrons. The van der Waals surface area contributed by atoms with Crippen LogP contribution < -0.4 is 24.3 Å². The predicted molar refractivity (Wildman–Crippen MR) is 117 cm³/mol. The lowest BCUT2D eigenvalue weighted by Crippen LogP contribution is -2.32. The molecule has 1 N–H and O–H groups in total. The van der Waals surface area contributed by atoms with Crippen LogP contribution in [0.25, 0.3) is 0 Å². The van der Waals surface area contributed by atoms with E-state index in [0.717, 1.165) is 0 Å². The Hall–Kier alpha value is -3.04. The molecule has 1 amide bonds. The van der Waals surface area contributed by atoms with Crippen LogP contribution in [0.5, 0.6) is 23.0 Å². The van der Waals surface area contributed by atoms with Gasteiger partial charge in [-0.1, -0.05) is 23.2 Å². The number of ketones is 1. The molecule has 2 rings (SSSR count). The van der Waals surface area contributed by atoms with E-state index < -0.39 is 17.7 Å². The van der Waals surface area contributed by atoms with Crippen molar-refractivity contribution in [1.82, 2.24) is 0 Å². The third kappa shape index (κ3) is 5.77. The van der Waals surface area contributed by atoms with Gasteiger partial charge in [-0.05, 0) is 13.0 Å². The Bertz CT molecular complexity index is 988. The first-order valence-electron chi connectivity index (χ1n) is 8.80. The van der Waals surface area contributed by atoms with Crippen molar-refractivity contribution in [3.05, 3.63) is 34.3 Å². The molecule has 0 aliphatic heterocycles. The summed E-state index contributed by atoms with van der Waals surface area (Å²) in [7, 11) is 5.66. The van der Waals surface area contributed by atoms with E-state index in [1.165, 1.54) is 59.6 Å². The number of Topliss-reactive ketones (excluding diaryl/α,β-unsaturated/α-hetero) is 1. The number of carbonyl (C=O) groups excluding carboxylic acids is 2. The molecule has 31 heavy (non-hydrogen) atoms. The van der Waals surface area contributed by atoms with Gasteiger partial charge in [0.25, 0.3) is 5.91 Å². The van der Waals surface area contributed by atoms with E-state index in [0.29, 0.717) is 15.8 Å². The number of nitrogens with zero attached hydrogens (tertiary/aromatic N) is 2. The van der Waals surface area contributed by atoms with Gasteiger partial charge in [-0.2, -0.15) is 10.2 Å². The Morgan fingerprint density at radius 3 is 1.87 bits per heavy atom. The van der Waals surface area contributed by atoms with Crippen molar-refractivity contribution in [1.29, 1.82) is 0 Å². The summed E-state index contributed by atoms with van der Waals surface area (Å²) >= 11 is 12.1. The standard InChI is InChI=1S/C20H21Cl2N3O6/c1-10(26)17(25-24-13-6-11(21)9-16(30-4)19(13)31-5)20(27)23-18-14(28-2)7-12(22)8-15(18)29-3/h6-9,17H,1-5H3,(H,23,27). The summed E-state index contributed by atoms with van der Waals surface area (Å²) in [5, 5.41) is 11.1. The molecular formula is C20H21Cl2N3O6. The van der Waals surface area contributed by atoms with E-state index in [2.05, 4.69) is 15.5 Å². The normalized spacial score (nSPS) is 11.7. The fraction of sp³-hybridized carbons (Fsp3) is 0.300. The van der Waals surface area contributed by atoms with Gasteiger partial charge in [-0.15, -0.1) is 0 Å². The van der Waals surface area contributed by atoms with Crippen LogP contribution in [0, 0.1) is 0 Å². The zero-order valence-electron chi connectivity index (χ0n) is 17.5. The average Bonchev–Trinajstić information content (AvgIpc) is 2.73. The minimum absolute atomic E-state index is 0.188. The van der Waals surface area contributed by atoms with E-state index in [1.807, 2.05) is 0 Å². The first-order valence-corrected chi connectivity index (χ1v) is 9.56. The van der Waals surface area contributed by atoms with Crippen LogP contribution >= 0.6 is 23.2 Å². The van der Waals surface area contributed by atoms with Crippen LogP contribution in [-0.2, 0) is 9.59 Å². The zero-order chi connectivity index (χ0) is 23.1. The van der Waals surface area contributed by atoms with Crippen molar-refractivity contribution in [2.45, 2.75) is 13.0 Å². The quantitative estimate of drug-likeness (QED) is 0.420. The summed E-state index contributed by atoms with van der Waals surface area (Å²) in [6.45, 7) is 1.22. The Morgan fingerprint density at radius 1 is 0.871 bits per heavy atom. The van der Waals surface area contributed by atoms with E-state index in [1.54, 1.807) is 0 Å². The number of rotatable bonds is 9. The highest BCUT2D eigenvalue weighted by Gasteiger charge is 2.26. The van der Waals surface area contributed by atoms with E-state index in [9.17, 15) is 9.59 Å². The molecule has 0 radical (unpaired) electrons. The third-order valence-electron chi connectivity index (χ3n) is 4.06. The van der Waals surface area contributed by atoms with Crippen molar-refractivity contribution < 1.29 is 28.5 Å². The molecule has 11 heteroatoms. The number of amides is 1. The number of nitrogens with one attached hydrogen (secondary N) is 1. The Morgan fingerprint density at radius 2 is 1.39 bits per heavy atom. The fourth-order valence-corrected chi connectivity index (χ4v) is 3.02. The smallest absolute Gasteiger partial charge is 0.259 e. The number of hydrogen-bond acceptors (Lipinski definition) is 8. The summed E-state index contributed by atoms with van der Waals surface area (Å²) in [4.78, 5) is 25.0. The second-order valence-corrected chi connectivity index (χ2v) is 6.94. The van der Waals surface area contributed by atoms with Gasteiger partial charge in [-0.3, -0.25) is 9.59 Å². The molecule has 2 aromatic rings. The highest BCUT2D eigenvalue weighted by Crippen LogP contribution is 2.41. The number of azo groups is 1. The van der Waals surface area contributed by atoms with Crippen LogP contribution in [0.15, 0.2) is 34.5 Å². The van der Waals surface area contributed by atoms with Gasteiger partial charge in [-0.25, -0.2) is 0 Å². The molecule has 1 unspecified atom stereocenters. The van der Waals surface area contributed by atoms with Crippen molar-refractivity contribution in [2.75, 3.05) is 33.8 Å². The van der Waals surface area contributed by atoms with Gasteiger partial charge in [0, 0.05) is 28.2 Å². The van der Waals surface area contributed by atoms with Crippen LogP contribution in [-0.4, -0.2) is 46.2 Å². The highest BCUT2D eigenvalue weighted by molar-refractivity contribution is 6.31. The SMILES string of the molecule is COc1cc(Cl)cc(OC)c1NC(=O)C(N=Nc1cc(Cl)cc(OC)c1OC)C(C)=O. The van der Waals surface area contributed by atoms with Crippen molar-refractivity contribution in [3.8, 4) is 23.0 Å². The summed E-state index contributed by atoms with van der Waals surface area (Å²) in [6, 6.07) is 4.53. The molecule has 1 atom stereocenters. The van der Waals surface area contributed by atoms with E-state index in [4.69, 9.17) is 42.1 Å². The maximum atomic E-state index is 12.8. The number of ether oxygens (including phenoxy) is 4. The van der Waals surface area contributed by atoms with E-state index >= 15 is 0 Å². The number of halogens is 2. The number of hydrogen-bond donors (Lipinski definition) is 1. The molecule has 0 aliphatic carbocycles. The molecule has 0 spiro atoms. The molecule has 0 aliphatic rings. The Kier molecular flexibility index (Phi) is 8.47. The van der Waals surface area contributed by atoms with Gasteiger partial charge in [0.05, 0.1) is 28.4 Å². The molecule has 0 bridgehead atoms. The number of anilines is 1. The van der Waals surface area contributed by atoms with Gasteiger partial charge in [0.2, 0.25) is 6.04 Å². The first-order chi connectivity index (χ1) is 14.7. The lowest BCUT2D eigenvalue weighted by atomic mass is 10.2. The lowest BCUT2D eigenvalue weighted by molar-refractivity contribution is -0.126. The minimum Gasteiger partial charge on any atom is -0.494 e. The molecule has 0 saturated carbocycles. The maximum absolute atomic E-state index is 12.8. The second-order valence-electron chi connectivity index (χ2n) is 6.06. The Labute approximate surface area is 189 Å². The number of carbonyl (C=O) groups is 2. The van der Waals surface area contributed by atoms with Crippen LogP contribution in [0.3, 0.4) is 0 Å². The maximum Gasteiger partial charge on any atom is 0.259 e. The molecule has 0 aromatic heterocycles. The van der Waals surface area contributed by atoms with Crippen molar-refractivity contribution in [2.24, 2.45) is 10.2 Å². The zero-order valence-corrected chi connectivity index (χ0v) is 19.0. The van der Waals surface area contributed by atoms with Crippen molar-refractivity contribution >= 4 is 46.3 Å². The number of methoxy groups -OCH3 is 4. The third-order valence-corrected chi connectivity index (χ3v) is 4.49. The van der Waals surface area contributed by atoms with Gasteiger partial charge in [0.15, 0.2) is 17.3 Å². The summed E-state index contributed by atoms with van der Waals surface area (Å²) in [6.07, 6.45) is 0. The summed E-state index contributed by atoms with van der Waals surface area (Å²) in [5.41, 5.74) is 0.385. The molecule has 0 saturated heterocycles. The first kappa shape index (κ1) is 24.2. The highest BCUT2D eigenvalue weighted by atomic mass is 35.5. The topological polar surface area (TPSA) is 108 Å². The predicted octanol–water partition coefficient (Wildman–Crippen LogP) is 4.71. The molecule has 2 aromatic carbocycles. The van der Waals surface area contributed by atoms with Crippen LogP contribution in [0.4, 0.5) is 11.4 Å². The minimum atomic E-state index is -1.46. The molecule has 0 heterocycles. The van der Waals surface area contributed by atoms with Crippen molar-refractivity contribution in [3.63, 3.8) is 0 Å². The van der Waals surface area contributed by atoms with Gasteiger partial charge in [0.1, 0.15) is 22.9 Å². The number of benzene rings is 2. The average molecular weight is 470 g/mol. The second kappa shape index (κ2) is 10.8. The largest absolute Gasteiger partial charge is 0.494 e. The van der Waals surface area contributed by atoms with E-state index in [-0.39, 0.29) is 28.6 Å². The summed E-state index contributed by atoms with van der Waals surface area (Å²) < 4.78 is 21.0. The summed E-state index contributed by atoms with van der Waals surface area (Å²) in [5.74, 6) is -0.219. The van der Waals surface area contributed by atoms with Gasteiger partial charge < -0.3 is 24.3 Å². The monoisotopic (exact) mass is 469 g/mol. The Balaban J connectivity index is 2.40. The lowest BCUT2D eigenvalue weighted by Gasteiger charge is -2.16. The van der Waals surface area contributed by atoms with Crippen LogP contribution in [0.2, 0.25) is 10.0 Å². The molecule has 9 nitrogen and oxygen atoms in total.